The summed E-state index contributed by atoms with van der Waals surface area (Å²) in [5.74, 6) is 5.30. The average molecular weight is 230 g/mol. The molecule has 74 valence electrons. The normalized spacial score (nSPS) is 12.1. The average Bonchev–Trinajstić information content (AvgIpc) is 2.19. The van der Waals surface area contributed by atoms with Crippen LogP contribution >= 0.6 is 23.2 Å². The molecule has 0 amide bonds. The lowest BCUT2D eigenvalue weighted by molar-refractivity contribution is 0.566. The number of hydrazine groups is 1. The molecular formula is C9H9Cl2N3. The van der Waals surface area contributed by atoms with Gasteiger partial charge in [-0.3, -0.25) is 11.3 Å². The van der Waals surface area contributed by atoms with E-state index in [1.54, 1.807) is 18.2 Å². The molecule has 0 aliphatic carbocycles. The number of rotatable bonds is 3. The van der Waals surface area contributed by atoms with Crippen molar-refractivity contribution in [1.29, 1.82) is 5.26 Å². The van der Waals surface area contributed by atoms with E-state index in [2.05, 4.69) is 5.43 Å². The highest BCUT2D eigenvalue weighted by Gasteiger charge is 2.10. The van der Waals surface area contributed by atoms with Crippen molar-refractivity contribution in [3.05, 3.63) is 33.8 Å². The van der Waals surface area contributed by atoms with Crippen molar-refractivity contribution < 1.29 is 0 Å². The number of halogens is 2. The van der Waals surface area contributed by atoms with Crippen molar-refractivity contribution in [3.8, 4) is 6.07 Å². The van der Waals surface area contributed by atoms with Crippen molar-refractivity contribution in [2.75, 3.05) is 0 Å². The van der Waals surface area contributed by atoms with Crippen LogP contribution in [0.25, 0.3) is 0 Å². The molecule has 1 atom stereocenters. The lowest BCUT2D eigenvalue weighted by Gasteiger charge is -2.12. The number of nitrogens with zero attached hydrogens (tertiary/aromatic N) is 1. The molecular weight excluding hydrogens is 221 g/mol. The van der Waals surface area contributed by atoms with Gasteiger partial charge in [0.25, 0.3) is 0 Å². The number of benzene rings is 1. The van der Waals surface area contributed by atoms with Crippen LogP contribution in [-0.2, 0) is 0 Å². The first kappa shape index (κ1) is 11.3. The summed E-state index contributed by atoms with van der Waals surface area (Å²) < 4.78 is 0. The fourth-order valence-corrected chi connectivity index (χ4v) is 1.40. The fraction of sp³-hybridized carbons (Fsp3) is 0.222. The molecule has 0 saturated carbocycles. The van der Waals surface area contributed by atoms with Gasteiger partial charge in [0.2, 0.25) is 0 Å². The third-order valence-corrected chi connectivity index (χ3v) is 2.58. The van der Waals surface area contributed by atoms with E-state index in [4.69, 9.17) is 34.3 Å². The van der Waals surface area contributed by atoms with E-state index in [-0.39, 0.29) is 12.5 Å². The Labute approximate surface area is 92.4 Å². The summed E-state index contributed by atoms with van der Waals surface area (Å²) in [5, 5.41) is 9.50. The van der Waals surface area contributed by atoms with Crippen LogP contribution in [0.2, 0.25) is 10.0 Å². The Balaban J connectivity index is 2.95. The second-order valence-corrected chi connectivity index (χ2v) is 3.57. The maximum Gasteiger partial charge on any atom is 0.0642 e. The van der Waals surface area contributed by atoms with Crippen LogP contribution in [-0.4, -0.2) is 0 Å². The van der Waals surface area contributed by atoms with Crippen LogP contribution < -0.4 is 11.3 Å². The molecule has 1 rings (SSSR count). The number of nitrogens with two attached hydrogens (primary N) is 1. The molecule has 3 N–H and O–H groups in total. The van der Waals surface area contributed by atoms with Gasteiger partial charge >= 0.3 is 0 Å². The van der Waals surface area contributed by atoms with Crippen LogP contribution in [0.15, 0.2) is 18.2 Å². The van der Waals surface area contributed by atoms with Gasteiger partial charge in [-0.25, -0.2) is 0 Å². The monoisotopic (exact) mass is 229 g/mol. The van der Waals surface area contributed by atoms with Crippen LogP contribution in [0, 0.1) is 11.3 Å². The zero-order chi connectivity index (χ0) is 10.6. The highest BCUT2D eigenvalue weighted by atomic mass is 35.5. The molecule has 1 aromatic carbocycles. The van der Waals surface area contributed by atoms with Gasteiger partial charge in [0, 0.05) is 0 Å². The number of hydrogen-bond acceptors (Lipinski definition) is 3. The lowest BCUT2D eigenvalue weighted by Crippen LogP contribution is -2.27. The molecule has 5 heteroatoms. The minimum atomic E-state index is -0.213. The first-order valence-corrected chi connectivity index (χ1v) is 4.72. The van der Waals surface area contributed by atoms with Gasteiger partial charge in [-0.2, -0.15) is 5.26 Å². The summed E-state index contributed by atoms with van der Waals surface area (Å²) in [7, 11) is 0. The molecule has 0 heterocycles. The van der Waals surface area contributed by atoms with Gasteiger partial charge in [0.15, 0.2) is 0 Å². The predicted octanol–water partition coefficient (Wildman–Crippen LogP) is 2.41. The van der Waals surface area contributed by atoms with E-state index >= 15 is 0 Å². The molecule has 0 bridgehead atoms. The largest absolute Gasteiger partial charge is 0.271 e. The van der Waals surface area contributed by atoms with E-state index in [1.165, 1.54) is 0 Å². The van der Waals surface area contributed by atoms with E-state index in [0.29, 0.717) is 10.0 Å². The third kappa shape index (κ3) is 2.60. The Morgan fingerprint density at radius 2 is 2.14 bits per heavy atom. The van der Waals surface area contributed by atoms with Crippen molar-refractivity contribution >= 4 is 23.2 Å². The van der Waals surface area contributed by atoms with Gasteiger partial charge in [0.05, 0.1) is 28.6 Å². The molecule has 0 unspecified atom stereocenters. The third-order valence-electron chi connectivity index (χ3n) is 1.84. The summed E-state index contributed by atoms with van der Waals surface area (Å²) in [5.41, 5.74) is 3.39. The van der Waals surface area contributed by atoms with Crippen LogP contribution in [0.5, 0.6) is 0 Å². The van der Waals surface area contributed by atoms with Crippen molar-refractivity contribution in [1.82, 2.24) is 5.43 Å². The van der Waals surface area contributed by atoms with Gasteiger partial charge < -0.3 is 0 Å². The minimum Gasteiger partial charge on any atom is -0.271 e. The molecule has 0 aliphatic heterocycles. The summed E-state index contributed by atoms with van der Waals surface area (Å²) in [6.07, 6.45) is 0.286. The first-order valence-electron chi connectivity index (χ1n) is 3.97. The predicted molar refractivity (Wildman–Crippen MR) is 56.8 cm³/mol. The summed E-state index contributed by atoms with van der Waals surface area (Å²) in [6.45, 7) is 0. The van der Waals surface area contributed by atoms with Crippen LogP contribution in [0.1, 0.15) is 18.0 Å². The number of nitrogens with one attached hydrogen (secondary N) is 1. The SMILES string of the molecule is N#CC[C@H](NN)c1ccc(Cl)c(Cl)c1. The zero-order valence-corrected chi connectivity index (χ0v) is 8.81. The molecule has 3 nitrogen and oxygen atoms in total. The quantitative estimate of drug-likeness (QED) is 0.619. The van der Waals surface area contributed by atoms with E-state index < -0.39 is 0 Å². The number of nitriles is 1. The molecule has 0 fully saturated rings. The molecule has 0 saturated heterocycles. The van der Waals surface area contributed by atoms with Crippen LogP contribution in [0.3, 0.4) is 0 Å². The Morgan fingerprint density at radius 1 is 1.43 bits per heavy atom. The summed E-state index contributed by atoms with van der Waals surface area (Å²) >= 11 is 11.6. The van der Waals surface area contributed by atoms with Gasteiger partial charge in [0.1, 0.15) is 0 Å². The van der Waals surface area contributed by atoms with Crippen molar-refractivity contribution in [2.45, 2.75) is 12.5 Å². The highest BCUT2D eigenvalue weighted by Crippen LogP contribution is 2.26. The van der Waals surface area contributed by atoms with Gasteiger partial charge in [-0.1, -0.05) is 29.3 Å². The summed E-state index contributed by atoms with van der Waals surface area (Å²) in [4.78, 5) is 0. The van der Waals surface area contributed by atoms with Crippen molar-refractivity contribution in [2.24, 2.45) is 5.84 Å². The topological polar surface area (TPSA) is 61.8 Å². The smallest absolute Gasteiger partial charge is 0.0642 e. The Morgan fingerprint density at radius 3 is 2.64 bits per heavy atom. The molecule has 0 aromatic heterocycles. The molecule has 0 spiro atoms. The second-order valence-electron chi connectivity index (χ2n) is 2.76. The highest BCUT2D eigenvalue weighted by molar-refractivity contribution is 6.42. The molecule has 14 heavy (non-hydrogen) atoms. The maximum absolute atomic E-state index is 8.55. The van der Waals surface area contributed by atoms with Crippen LogP contribution in [0.4, 0.5) is 0 Å². The van der Waals surface area contributed by atoms with E-state index in [0.717, 1.165) is 5.56 Å². The van der Waals surface area contributed by atoms with E-state index in [9.17, 15) is 0 Å². The Bertz CT molecular complexity index is 360. The van der Waals surface area contributed by atoms with Gasteiger partial charge in [-0.05, 0) is 17.7 Å². The Kier molecular flexibility index (Phi) is 4.18. The summed E-state index contributed by atoms with van der Waals surface area (Å²) in [6, 6.07) is 6.99. The van der Waals surface area contributed by atoms with E-state index in [1.807, 2.05) is 6.07 Å². The standard InChI is InChI=1S/C9H9Cl2N3/c10-7-2-1-6(5-8(7)11)9(14-13)3-4-12/h1-2,5,9,14H,3,13H2/t9-/m0/s1. The Hall–Kier alpha value is -0.790. The molecule has 1 aromatic rings. The van der Waals surface area contributed by atoms with Crippen molar-refractivity contribution in [3.63, 3.8) is 0 Å². The maximum atomic E-state index is 8.55. The second kappa shape index (κ2) is 5.18. The molecule has 0 radical (unpaired) electrons. The number of hydrogen-bond donors (Lipinski definition) is 2. The first-order chi connectivity index (χ1) is 6.69. The van der Waals surface area contributed by atoms with Gasteiger partial charge in [-0.15, -0.1) is 0 Å². The minimum absolute atomic E-state index is 0.213. The lowest BCUT2D eigenvalue weighted by atomic mass is 10.1. The zero-order valence-electron chi connectivity index (χ0n) is 7.30. The molecule has 0 aliphatic rings. The fourth-order valence-electron chi connectivity index (χ4n) is 1.09.